The summed E-state index contributed by atoms with van der Waals surface area (Å²) in [4.78, 5) is 30.9. The van der Waals surface area contributed by atoms with Gasteiger partial charge in [-0.25, -0.2) is 4.79 Å². The standard InChI is InChI=1S/C16H22N6O2S2/c1-12-19-20-16(26-12)25-11-3-6-18-15(24)22-9-7-21(8-10-22)14(23)13-4-2-5-17-13/h2,4-5,17H,3,6-11H2,1H3,(H,18,24). The van der Waals surface area contributed by atoms with Gasteiger partial charge < -0.3 is 20.1 Å². The Morgan fingerprint density at radius 2 is 2.04 bits per heavy atom. The van der Waals surface area contributed by atoms with Crippen molar-refractivity contribution in [1.29, 1.82) is 0 Å². The number of piperazine rings is 1. The van der Waals surface area contributed by atoms with Crippen LogP contribution < -0.4 is 5.32 Å². The Kier molecular flexibility index (Phi) is 6.51. The maximum atomic E-state index is 12.3. The van der Waals surface area contributed by atoms with Crippen molar-refractivity contribution in [3.8, 4) is 0 Å². The summed E-state index contributed by atoms with van der Waals surface area (Å²) in [6, 6.07) is 3.51. The van der Waals surface area contributed by atoms with Crippen molar-refractivity contribution in [2.24, 2.45) is 0 Å². The Morgan fingerprint density at radius 1 is 1.27 bits per heavy atom. The third-order valence-electron chi connectivity index (χ3n) is 4.01. The van der Waals surface area contributed by atoms with Gasteiger partial charge in [0.05, 0.1) is 0 Å². The largest absolute Gasteiger partial charge is 0.357 e. The van der Waals surface area contributed by atoms with Gasteiger partial charge in [0, 0.05) is 44.7 Å². The van der Waals surface area contributed by atoms with E-state index in [2.05, 4.69) is 20.5 Å². The predicted octanol–water partition coefficient (Wildman–Crippen LogP) is 1.82. The van der Waals surface area contributed by atoms with Crippen molar-refractivity contribution in [1.82, 2.24) is 30.3 Å². The topological polar surface area (TPSA) is 94.2 Å². The van der Waals surface area contributed by atoms with Gasteiger partial charge in [-0.15, -0.1) is 10.2 Å². The number of aromatic nitrogens is 3. The van der Waals surface area contributed by atoms with Gasteiger partial charge in [-0.05, 0) is 25.5 Å². The summed E-state index contributed by atoms with van der Waals surface area (Å²) in [7, 11) is 0. The zero-order valence-electron chi connectivity index (χ0n) is 14.6. The molecule has 0 radical (unpaired) electrons. The molecule has 1 aliphatic rings. The van der Waals surface area contributed by atoms with E-state index in [-0.39, 0.29) is 11.9 Å². The zero-order chi connectivity index (χ0) is 18.4. The Balaban J connectivity index is 1.31. The summed E-state index contributed by atoms with van der Waals surface area (Å²) in [6.07, 6.45) is 2.61. The van der Waals surface area contributed by atoms with Crippen LogP contribution in [0.1, 0.15) is 21.9 Å². The summed E-state index contributed by atoms with van der Waals surface area (Å²) in [5, 5.41) is 12.0. The summed E-state index contributed by atoms with van der Waals surface area (Å²) in [5.74, 6) is 0.881. The van der Waals surface area contributed by atoms with Crippen LogP contribution in [0.4, 0.5) is 4.79 Å². The van der Waals surface area contributed by atoms with Crippen molar-refractivity contribution >= 4 is 35.0 Å². The molecule has 1 saturated heterocycles. The third-order valence-corrected chi connectivity index (χ3v) is 6.07. The first-order chi connectivity index (χ1) is 12.6. The molecule has 3 heterocycles. The van der Waals surface area contributed by atoms with E-state index in [0.29, 0.717) is 38.4 Å². The number of nitrogens with one attached hydrogen (secondary N) is 2. The number of H-pyrrole nitrogens is 1. The number of aryl methyl sites for hydroxylation is 1. The van der Waals surface area contributed by atoms with Gasteiger partial charge in [0.15, 0.2) is 4.34 Å². The minimum atomic E-state index is -0.0614. The lowest BCUT2D eigenvalue weighted by Gasteiger charge is -2.34. The quantitative estimate of drug-likeness (QED) is 0.576. The summed E-state index contributed by atoms with van der Waals surface area (Å²) < 4.78 is 0.969. The van der Waals surface area contributed by atoms with E-state index in [1.54, 1.807) is 51.2 Å². The molecule has 3 amide bonds. The molecule has 140 valence electrons. The van der Waals surface area contributed by atoms with Crippen LogP contribution in [-0.4, -0.2) is 75.4 Å². The number of carbonyl (C=O) groups excluding carboxylic acids is 2. The highest BCUT2D eigenvalue weighted by atomic mass is 32.2. The molecule has 0 aromatic carbocycles. The van der Waals surface area contributed by atoms with Crippen molar-refractivity contribution in [2.75, 3.05) is 38.5 Å². The molecule has 26 heavy (non-hydrogen) atoms. The third kappa shape index (κ3) is 4.98. The van der Waals surface area contributed by atoms with Crippen LogP contribution in [-0.2, 0) is 0 Å². The molecule has 0 atom stereocenters. The van der Waals surface area contributed by atoms with Crippen molar-refractivity contribution in [3.05, 3.63) is 29.0 Å². The Bertz CT molecular complexity index is 725. The van der Waals surface area contributed by atoms with Crippen LogP contribution in [0.25, 0.3) is 0 Å². The second-order valence-corrected chi connectivity index (χ2v) is 8.41. The highest BCUT2D eigenvalue weighted by Crippen LogP contribution is 2.22. The van der Waals surface area contributed by atoms with Crippen LogP contribution in [0.2, 0.25) is 0 Å². The Morgan fingerprint density at radius 3 is 2.69 bits per heavy atom. The van der Waals surface area contributed by atoms with Crippen molar-refractivity contribution in [2.45, 2.75) is 17.7 Å². The van der Waals surface area contributed by atoms with E-state index in [9.17, 15) is 9.59 Å². The molecule has 0 spiro atoms. The summed E-state index contributed by atoms with van der Waals surface area (Å²) in [5.41, 5.74) is 0.589. The van der Waals surface area contributed by atoms with Crippen LogP contribution in [0, 0.1) is 6.92 Å². The second-order valence-electron chi connectivity index (χ2n) is 5.88. The van der Waals surface area contributed by atoms with Gasteiger partial charge in [-0.1, -0.05) is 23.1 Å². The molecule has 2 N–H and O–H groups in total. The van der Waals surface area contributed by atoms with E-state index in [1.807, 2.05) is 6.92 Å². The molecule has 0 unspecified atom stereocenters. The number of carbonyl (C=O) groups is 2. The Hall–Kier alpha value is -2.07. The number of hydrogen-bond acceptors (Lipinski definition) is 6. The molecule has 1 aliphatic heterocycles. The fraction of sp³-hybridized carbons (Fsp3) is 0.500. The van der Waals surface area contributed by atoms with Crippen LogP contribution >= 0.6 is 23.1 Å². The summed E-state index contributed by atoms with van der Waals surface area (Å²) in [6.45, 7) is 4.78. The van der Waals surface area contributed by atoms with Gasteiger partial charge in [-0.3, -0.25) is 4.79 Å². The maximum Gasteiger partial charge on any atom is 0.317 e. The molecule has 10 heteroatoms. The van der Waals surface area contributed by atoms with Crippen LogP contribution in [0.15, 0.2) is 22.7 Å². The molecule has 2 aromatic heterocycles. The zero-order valence-corrected chi connectivity index (χ0v) is 16.2. The van der Waals surface area contributed by atoms with E-state index in [0.717, 1.165) is 21.5 Å². The monoisotopic (exact) mass is 394 g/mol. The van der Waals surface area contributed by atoms with E-state index < -0.39 is 0 Å². The highest BCUT2D eigenvalue weighted by molar-refractivity contribution is 8.01. The fourth-order valence-electron chi connectivity index (χ4n) is 2.62. The van der Waals surface area contributed by atoms with E-state index in [1.165, 1.54) is 0 Å². The molecule has 8 nitrogen and oxygen atoms in total. The molecule has 0 aliphatic carbocycles. The molecule has 2 aromatic rings. The normalized spacial score (nSPS) is 14.5. The van der Waals surface area contributed by atoms with Gasteiger partial charge in [0.25, 0.3) is 5.91 Å². The lowest BCUT2D eigenvalue weighted by molar-refractivity contribution is 0.0660. The Labute approximate surface area is 160 Å². The van der Waals surface area contributed by atoms with Gasteiger partial charge >= 0.3 is 6.03 Å². The lowest BCUT2D eigenvalue weighted by atomic mass is 10.3. The highest BCUT2D eigenvalue weighted by Gasteiger charge is 2.24. The number of urea groups is 1. The predicted molar refractivity (Wildman–Crippen MR) is 102 cm³/mol. The van der Waals surface area contributed by atoms with Gasteiger partial charge in [0.1, 0.15) is 10.7 Å². The first-order valence-electron chi connectivity index (χ1n) is 8.52. The summed E-state index contributed by atoms with van der Waals surface area (Å²) >= 11 is 3.25. The molecular weight excluding hydrogens is 372 g/mol. The van der Waals surface area contributed by atoms with E-state index >= 15 is 0 Å². The second kappa shape index (κ2) is 9.04. The van der Waals surface area contributed by atoms with Crippen LogP contribution in [0.5, 0.6) is 0 Å². The number of aromatic amines is 1. The molecule has 0 bridgehead atoms. The molecule has 3 rings (SSSR count). The number of thioether (sulfide) groups is 1. The average molecular weight is 395 g/mol. The average Bonchev–Trinajstić information content (AvgIpc) is 3.33. The van der Waals surface area contributed by atoms with Gasteiger partial charge in [0.2, 0.25) is 0 Å². The smallest absolute Gasteiger partial charge is 0.317 e. The maximum absolute atomic E-state index is 12.3. The number of nitrogens with zero attached hydrogens (tertiary/aromatic N) is 4. The fourth-order valence-corrected chi connectivity index (χ4v) is 4.45. The molecule has 1 fully saturated rings. The van der Waals surface area contributed by atoms with Gasteiger partial charge in [-0.2, -0.15) is 0 Å². The molecular formula is C16H22N6O2S2. The number of amides is 3. The SMILES string of the molecule is Cc1nnc(SCCCNC(=O)N2CCN(C(=O)c3ccc[nH]3)CC2)s1. The molecule has 0 saturated carbocycles. The minimum absolute atomic E-state index is 0.0148. The number of hydrogen-bond donors (Lipinski definition) is 2. The minimum Gasteiger partial charge on any atom is -0.357 e. The van der Waals surface area contributed by atoms with Crippen molar-refractivity contribution < 1.29 is 9.59 Å². The first kappa shape index (κ1) is 18.7. The number of rotatable bonds is 6. The van der Waals surface area contributed by atoms with Crippen LogP contribution in [0.3, 0.4) is 0 Å². The first-order valence-corrected chi connectivity index (χ1v) is 10.3. The van der Waals surface area contributed by atoms with E-state index in [4.69, 9.17) is 0 Å². The lowest BCUT2D eigenvalue weighted by Crippen LogP contribution is -2.53. The van der Waals surface area contributed by atoms with Crippen molar-refractivity contribution in [3.63, 3.8) is 0 Å².